The van der Waals surface area contributed by atoms with Gasteiger partial charge in [-0.25, -0.2) is 0 Å². The maximum absolute atomic E-state index is 13.0. The molecule has 0 saturated heterocycles. The van der Waals surface area contributed by atoms with Crippen LogP contribution in [0.3, 0.4) is 0 Å². The highest BCUT2D eigenvalue weighted by atomic mass is 16.5. The molecule has 1 heterocycles. The maximum atomic E-state index is 13.0. The normalized spacial score (nSPS) is 19.7. The van der Waals surface area contributed by atoms with Gasteiger partial charge in [-0.15, -0.1) is 0 Å². The first-order chi connectivity index (χ1) is 12.5. The summed E-state index contributed by atoms with van der Waals surface area (Å²) in [4.78, 5) is 24.2. The Balaban J connectivity index is 1.94. The molecule has 0 spiro atoms. The summed E-state index contributed by atoms with van der Waals surface area (Å²) in [6.45, 7) is 4.91. The van der Waals surface area contributed by atoms with Crippen molar-refractivity contribution in [2.45, 2.75) is 52.1 Å². The SMILES string of the molecule is CCCn1c(C)c(C(=O)N[C@@H]2CC[C@H](C(=O)O)C2)c2cc(OC)ccc21. The lowest BCUT2D eigenvalue weighted by Gasteiger charge is -2.13. The molecule has 1 aromatic carbocycles. The molecule has 1 fully saturated rings. The number of methoxy groups -OCH3 is 1. The van der Waals surface area contributed by atoms with Gasteiger partial charge in [-0.3, -0.25) is 9.59 Å². The van der Waals surface area contributed by atoms with E-state index < -0.39 is 5.97 Å². The fourth-order valence-corrected chi connectivity index (χ4v) is 3.98. The van der Waals surface area contributed by atoms with Gasteiger partial charge < -0.3 is 19.7 Å². The van der Waals surface area contributed by atoms with E-state index in [2.05, 4.69) is 16.8 Å². The number of aryl methyl sites for hydroxylation is 1. The molecule has 1 aliphatic rings. The molecule has 0 unspecified atom stereocenters. The Morgan fingerprint density at radius 1 is 1.35 bits per heavy atom. The molecule has 1 aliphatic carbocycles. The molecule has 2 atom stereocenters. The minimum Gasteiger partial charge on any atom is -0.497 e. The minimum absolute atomic E-state index is 0.0850. The Morgan fingerprint density at radius 2 is 2.12 bits per heavy atom. The van der Waals surface area contributed by atoms with Crippen molar-refractivity contribution in [2.24, 2.45) is 5.92 Å². The summed E-state index contributed by atoms with van der Waals surface area (Å²) in [5.41, 5.74) is 2.61. The number of hydrogen-bond acceptors (Lipinski definition) is 3. The Morgan fingerprint density at radius 3 is 2.73 bits per heavy atom. The third-order valence-corrected chi connectivity index (χ3v) is 5.32. The summed E-state index contributed by atoms with van der Waals surface area (Å²) in [6.07, 6.45) is 2.79. The van der Waals surface area contributed by atoms with Crippen molar-refractivity contribution in [3.8, 4) is 5.75 Å². The number of carboxylic acid groups (broad SMARTS) is 1. The van der Waals surface area contributed by atoms with Crippen LogP contribution in [0.5, 0.6) is 5.75 Å². The summed E-state index contributed by atoms with van der Waals surface area (Å²) >= 11 is 0. The number of aromatic nitrogens is 1. The van der Waals surface area contributed by atoms with E-state index in [9.17, 15) is 9.59 Å². The van der Waals surface area contributed by atoms with Gasteiger partial charge in [0.05, 0.1) is 18.6 Å². The highest BCUT2D eigenvalue weighted by Crippen LogP contribution is 2.31. The summed E-state index contributed by atoms with van der Waals surface area (Å²) in [5, 5.41) is 13.1. The number of nitrogens with zero attached hydrogens (tertiary/aromatic N) is 1. The summed E-state index contributed by atoms with van der Waals surface area (Å²) in [5.74, 6) is -0.552. The van der Waals surface area contributed by atoms with Crippen molar-refractivity contribution in [2.75, 3.05) is 7.11 Å². The highest BCUT2D eigenvalue weighted by Gasteiger charge is 2.31. The molecule has 1 amide bonds. The number of benzene rings is 1. The predicted molar refractivity (Wildman–Crippen MR) is 99.7 cm³/mol. The van der Waals surface area contributed by atoms with E-state index >= 15 is 0 Å². The fourth-order valence-electron chi connectivity index (χ4n) is 3.98. The number of hydrogen-bond donors (Lipinski definition) is 2. The Hall–Kier alpha value is -2.50. The number of fused-ring (bicyclic) bond motifs is 1. The van der Waals surface area contributed by atoms with E-state index in [4.69, 9.17) is 9.84 Å². The molecule has 6 heteroatoms. The van der Waals surface area contributed by atoms with Crippen LogP contribution in [-0.2, 0) is 11.3 Å². The second-order valence-corrected chi connectivity index (χ2v) is 7.01. The average Bonchev–Trinajstić information content (AvgIpc) is 3.18. The minimum atomic E-state index is -0.776. The zero-order valence-corrected chi connectivity index (χ0v) is 15.5. The molecule has 2 N–H and O–H groups in total. The van der Waals surface area contributed by atoms with Crippen LogP contribution in [0.1, 0.15) is 48.7 Å². The van der Waals surface area contributed by atoms with E-state index in [0.717, 1.165) is 29.6 Å². The number of ether oxygens (including phenoxy) is 1. The number of amides is 1. The molecule has 140 valence electrons. The second-order valence-electron chi connectivity index (χ2n) is 7.01. The van der Waals surface area contributed by atoms with Gasteiger partial charge in [0, 0.05) is 29.2 Å². The number of nitrogens with one attached hydrogen (secondary N) is 1. The maximum Gasteiger partial charge on any atom is 0.306 e. The Labute approximate surface area is 153 Å². The number of rotatable bonds is 6. The zero-order valence-electron chi connectivity index (χ0n) is 15.5. The molecule has 2 aromatic rings. The molecular weight excluding hydrogens is 332 g/mol. The van der Waals surface area contributed by atoms with Crippen LogP contribution in [0.25, 0.3) is 10.9 Å². The highest BCUT2D eigenvalue weighted by molar-refractivity contribution is 6.09. The van der Waals surface area contributed by atoms with Gasteiger partial charge >= 0.3 is 5.97 Å². The topological polar surface area (TPSA) is 80.6 Å². The molecule has 26 heavy (non-hydrogen) atoms. The van der Waals surface area contributed by atoms with Crippen LogP contribution >= 0.6 is 0 Å². The van der Waals surface area contributed by atoms with Crippen molar-refractivity contribution in [1.82, 2.24) is 9.88 Å². The predicted octanol–water partition coefficient (Wildman–Crippen LogP) is 3.35. The Bertz CT molecular complexity index is 840. The quantitative estimate of drug-likeness (QED) is 0.830. The van der Waals surface area contributed by atoms with Crippen molar-refractivity contribution >= 4 is 22.8 Å². The van der Waals surface area contributed by atoms with E-state index in [0.29, 0.717) is 30.6 Å². The largest absolute Gasteiger partial charge is 0.497 e. The zero-order chi connectivity index (χ0) is 18.8. The molecule has 6 nitrogen and oxygen atoms in total. The van der Waals surface area contributed by atoms with E-state index in [1.54, 1.807) is 7.11 Å². The van der Waals surface area contributed by atoms with Gasteiger partial charge in [0.1, 0.15) is 5.75 Å². The summed E-state index contributed by atoms with van der Waals surface area (Å²) in [7, 11) is 1.61. The molecule has 3 rings (SSSR count). The van der Waals surface area contributed by atoms with Crippen molar-refractivity contribution in [1.29, 1.82) is 0 Å². The van der Waals surface area contributed by atoms with E-state index in [1.165, 1.54) is 0 Å². The van der Waals surface area contributed by atoms with Crippen LogP contribution in [0, 0.1) is 12.8 Å². The van der Waals surface area contributed by atoms with Gasteiger partial charge in [0.2, 0.25) is 0 Å². The third kappa shape index (κ3) is 3.28. The van der Waals surface area contributed by atoms with Gasteiger partial charge in [0.15, 0.2) is 0 Å². The van der Waals surface area contributed by atoms with Crippen LogP contribution in [0.4, 0.5) is 0 Å². The smallest absolute Gasteiger partial charge is 0.306 e. The van der Waals surface area contributed by atoms with Gasteiger partial charge in [-0.1, -0.05) is 6.92 Å². The van der Waals surface area contributed by atoms with E-state index in [-0.39, 0.29) is 17.9 Å². The van der Waals surface area contributed by atoms with Crippen molar-refractivity contribution in [3.05, 3.63) is 29.5 Å². The second kappa shape index (κ2) is 7.40. The van der Waals surface area contributed by atoms with Gasteiger partial charge in [0.25, 0.3) is 5.91 Å². The van der Waals surface area contributed by atoms with Crippen molar-refractivity contribution in [3.63, 3.8) is 0 Å². The lowest BCUT2D eigenvalue weighted by Crippen LogP contribution is -2.33. The van der Waals surface area contributed by atoms with E-state index in [1.807, 2.05) is 25.1 Å². The molecular formula is C20H26N2O4. The lowest BCUT2D eigenvalue weighted by atomic mass is 10.1. The lowest BCUT2D eigenvalue weighted by molar-refractivity contribution is -0.141. The monoisotopic (exact) mass is 358 g/mol. The number of carbonyl (C=O) groups is 2. The average molecular weight is 358 g/mol. The molecule has 1 saturated carbocycles. The number of carbonyl (C=O) groups excluding carboxylic acids is 1. The van der Waals surface area contributed by atoms with Crippen LogP contribution in [0.15, 0.2) is 18.2 Å². The van der Waals surface area contributed by atoms with Crippen molar-refractivity contribution < 1.29 is 19.4 Å². The molecule has 0 aliphatic heterocycles. The van der Waals surface area contributed by atoms with Gasteiger partial charge in [-0.2, -0.15) is 0 Å². The molecule has 0 radical (unpaired) electrons. The molecule has 1 aromatic heterocycles. The first kappa shape index (κ1) is 18.3. The first-order valence-corrected chi connectivity index (χ1v) is 9.16. The first-order valence-electron chi connectivity index (χ1n) is 9.16. The van der Waals surface area contributed by atoms with Crippen LogP contribution in [0.2, 0.25) is 0 Å². The fraction of sp³-hybridized carbons (Fsp3) is 0.500. The Kier molecular flexibility index (Phi) is 5.20. The third-order valence-electron chi connectivity index (χ3n) is 5.32. The van der Waals surface area contributed by atoms with Crippen LogP contribution in [-0.4, -0.2) is 34.7 Å². The summed E-state index contributed by atoms with van der Waals surface area (Å²) in [6, 6.07) is 5.71. The van der Waals surface area contributed by atoms with Gasteiger partial charge in [-0.05, 0) is 50.8 Å². The summed E-state index contributed by atoms with van der Waals surface area (Å²) < 4.78 is 7.50. The number of aliphatic carboxylic acids is 1. The standard InChI is InChI=1S/C20H26N2O4/c1-4-9-22-12(2)18(16-11-15(26-3)7-8-17(16)22)19(23)21-14-6-5-13(10-14)20(24)25/h7-8,11,13-14H,4-6,9-10H2,1-3H3,(H,21,23)(H,24,25)/t13-,14+/m0/s1. The molecule has 0 bridgehead atoms. The van der Waals surface area contributed by atoms with Crippen LogP contribution < -0.4 is 10.1 Å². The number of carboxylic acids is 1.